The van der Waals surface area contributed by atoms with E-state index in [-0.39, 0.29) is 49.2 Å². The molecule has 0 saturated carbocycles. The largest absolute Gasteiger partial charge is 0.454 e. The number of fused-ring (bicyclic) bond motifs is 1. The monoisotopic (exact) mass is 568 g/mol. The van der Waals surface area contributed by atoms with Crippen LogP contribution in [0, 0.1) is 0 Å². The molecule has 1 saturated heterocycles. The van der Waals surface area contributed by atoms with Gasteiger partial charge in [0.2, 0.25) is 16.8 Å². The second kappa shape index (κ2) is 13.3. The van der Waals surface area contributed by atoms with E-state index in [0.29, 0.717) is 32.2 Å². The molecule has 2 aliphatic rings. The van der Waals surface area contributed by atoms with Crippen LogP contribution in [-0.4, -0.2) is 65.8 Å². The highest BCUT2D eigenvalue weighted by Crippen LogP contribution is 2.32. The van der Waals surface area contributed by atoms with Gasteiger partial charge >= 0.3 is 0 Å². The molecule has 0 amide bonds. The molecule has 1 atom stereocenters. The fraction of sp³-hybridized carbons (Fsp3) is 0.650. The lowest BCUT2D eigenvalue weighted by molar-refractivity contribution is 0.0200. The fourth-order valence-corrected chi connectivity index (χ4v) is 4.22. The van der Waals surface area contributed by atoms with Crippen LogP contribution in [0.5, 0.6) is 11.5 Å². The Labute approximate surface area is 201 Å². The zero-order chi connectivity index (χ0) is 21.2. The van der Waals surface area contributed by atoms with E-state index in [2.05, 4.69) is 20.3 Å². The van der Waals surface area contributed by atoms with E-state index >= 15 is 0 Å². The lowest BCUT2D eigenvalue weighted by Crippen LogP contribution is -2.39. The van der Waals surface area contributed by atoms with Crippen LogP contribution in [0.4, 0.5) is 0 Å². The van der Waals surface area contributed by atoms with Crippen molar-refractivity contribution in [1.29, 1.82) is 0 Å². The number of halogens is 1. The molecule has 1 aromatic rings. The molecule has 0 aliphatic carbocycles. The summed E-state index contributed by atoms with van der Waals surface area (Å²) in [5.41, 5.74) is 1.12. The molecule has 1 fully saturated rings. The average molecular weight is 568 g/mol. The number of aliphatic imine (C=N–C) groups is 1. The molecule has 2 aliphatic heterocycles. The molecule has 0 spiro atoms. The Morgan fingerprint density at radius 3 is 2.81 bits per heavy atom. The third-order valence-corrected chi connectivity index (χ3v) is 6.25. The van der Waals surface area contributed by atoms with E-state index in [4.69, 9.17) is 14.2 Å². The number of ether oxygens (including phenoxy) is 3. The van der Waals surface area contributed by atoms with Crippen molar-refractivity contribution in [3.8, 4) is 11.5 Å². The van der Waals surface area contributed by atoms with Gasteiger partial charge in [-0.1, -0.05) is 6.07 Å². The Morgan fingerprint density at radius 2 is 2.03 bits per heavy atom. The van der Waals surface area contributed by atoms with E-state index in [1.807, 2.05) is 25.1 Å². The first-order chi connectivity index (χ1) is 14.6. The van der Waals surface area contributed by atoms with Gasteiger partial charge < -0.3 is 24.8 Å². The number of benzene rings is 1. The van der Waals surface area contributed by atoms with E-state index in [9.17, 15) is 8.42 Å². The number of hydrogen-bond donors (Lipinski definition) is 3. The summed E-state index contributed by atoms with van der Waals surface area (Å²) >= 11 is 0. The van der Waals surface area contributed by atoms with Crippen LogP contribution in [-0.2, 0) is 21.2 Å². The Kier molecular flexibility index (Phi) is 11.1. The molecule has 1 unspecified atom stereocenters. The first kappa shape index (κ1) is 25.9. The zero-order valence-corrected chi connectivity index (χ0v) is 21.0. The Hall–Kier alpha value is -1.31. The van der Waals surface area contributed by atoms with Gasteiger partial charge in [-0.3, -0.25) is 4.99 Å². The maximum atomic E-state index is 12.2. The molecule has 2 heterocycles. The number of nitrogens with one attached hydrogen (secondary N) is 3. The summed E-state index contributed by atoms with van der Waals surface area (Å²) in [5.74, 6) is 2.08. The lowest BCUT2D eigenvalue weighted by atomic mass is 10.1. The maximum absolute atomic E-state index is 12.2. The summed E-state index contributed by atoms with van der Waals surface area (Å²) in [6.45, 7) is 4.81. The predicted molar refractivity (Wildman–Crippen MR) is 131 cm³/mol. The molecule has 1 aromatic carbocycles. The van der Waals surface area contributed by atoms with Gasteiger partial charge in [0.1, 0.15) is 0 Å². The average Bonchev–Trinajstić information content (AvgIpc) is 3.21. The number of nitrogens with zero attached hydrogens (tertiary/aromatic N) is 1. The van der Waals surface area contributed by atoms with Crippen molar-refractivity contribution in [2.45, 2.75) is 38.7 Å². The molecular weight excluding hydrogens is 535 g/mol. The van der Waals surface area contributed by atoms with Crippen molar-refractivity contribution in [2.24, 2.45) is 4.99 Å². The summed E-state index contributed by atoms with van der Waals surface area (Å²) in [6, 6.07) is 5.89. The quantitative estimate of drug-likeness (QED) is 0.224. The molecule has 3 rings (SSSR count). The van der Waals surface area contributed by atoms with Crippen LogP contribution < -0.4 is 24.8 Å². The Bertz CT molecular complexity index is 816. The second-order valence-electron chi connectivity index (χ2n) is 7.28. The van der Waals surface area contributed by atoms with Gasteiger partial charge in [0.15, 0.2) is 17.5 Å². The van der Waals surface area contributed by atoms with Crippen molar-refractivity contribution in [3.63, 3.8) is 0 Å². The van der Waals surface area contributed by atoms with Crippen LogP contribution in [0.25, 0.3) is 0 Å². The molecule has 3 N–H and O–H groups in total. The SMILES string of the molecule is CCNC(=NCCS(=O)(=O)NCC1CCCCO1)NCCc1ccc2c(c1)OCO2.I. The lowest BCUT2D eigenvalue weighted by Gasteiger charge is -2.22. The Morgan fingerprint density at radius 1 is 1.19 bits per heavy atom. The first-order valence-corrected chi connectivity index (χ1v) is 12.2. The van der Waals surface area contributed by atoms with Crippen LogP contribution in [0.3, 0.4) is 0 Å². The zero-order valence-electron chi connectivity index (χ0n) is 17.9. The number of hydrogen-bond acceptors (Lipinski definition) is 6. The minimum atomic E-state index is -3.38. The van der Waals surface area contributed by atoms with Gasteiger partial charge in [-0.15, -0.1) is 24.0 Å². The summed E-state index contributed by atoms with van der Waals surface area (Å²) in [4.78, 5) is 4.38. The maximum Gasteiger partial charge on any atom is 0.231 e. The molecule has 0 radical (unpaired) electrons. The molecule has 176 valence electrons. The van der Waals surface area contributed by atoms with Crippen LogP contribution >= 0.6 is 24.0 Å². The van der Waals surface area contributed by atoms with Gasteiger partial charge in [0.25, 0.3) is 0 Å². The highest BCUT2D eigenvalue weighted by Gasteiger charge is 2.17. The topological polar surface area (TPSA) is 110 Å². The molecule has 31 heavy (non-hydrogen) atoms. The first-order valence-electron chi connectivity index (χ1n) is 10.6. The van der Waals surface area contributed by atoms with Gasteiger partial charge in [-0.05, 0) is 50.3 Å². The summed E-state index contributed by atoms with van der Waals surface area (Å²) < 4.78 is 43.3. The fourth-order valence-electron chi connectivity index (χ4n) is 3.30. The molecule has 0 bridgehead atoms. The van der Waals surface area contributed by atoms with Crippen molar-refractivity contribution < 1.29 is 22.6 Å². The van der Waals surface area contributed by atoms with E-state index in [1.165, 1.54) is 0 Å². The number of rotatable bonds is 10. The van der Waals surface area contributed by atoms with Crippen molar-refractivity contribution >= 4 is 40.0 Å². The summed E-state index contributed by atoms with van der Waals surface area (Å²) in [6.07, 6.45) is 3.79. The van der Waals surface area contributed by atoms with Gasteiger partial charge in [0.05, 0.1) is 18.4 Å². The highest BCUT2D eigenvalue weighted by atomic mass is 127. The smallest absolute Gasteiger partial charge is 0.231 e. The van der Waals surface area contributed by atoms with Gasteiger partial charge in [0, 0.05) is 26.2 Å². The third-order valence-electron chi connectivity index (χ3n) is 4.92. The van der Waals surface area contributed by atoms with Gasteiger partial charge in [-0.2, -0.15) is 0 Å². The molecule has 9 nitrogen and oxygen atoms in total. The van der Waals surface area contributed by atoms with Crippen molar-refractivity contribution in [2.75, 3.05) is 45.3 Å². The highest BCUT2D eigenvalue weighted by molar-refractivity contribution is 14.0. The van der Waals surface area contributed by atoms with Gasteiger partial charge in [-0.25, -0.2) is 13.1 Å². The van der Waals surface area contributed by atoms with Crippen molar-refractivity contribution in [1.82, 2.24) is 15.4 Å². The second-order valence-corrected chi connectivity index (χ2v) is 9.21. The van der Waals surface area contributed by atoms with Crippen LogP contribution in [0.15, 0.2) is 23.2 Å². The summed E-state index contributed by atoms with van der Waals surface area (Å²) in [7, 11) is -3.38. The normalized spacial score (nSPS) is 18.4. The Balaban J connectivity index is 0.00000341. The minimum absolute atomic E-state index is 0. The molecular formula is C20H33IN4O5S. The van der Waals surface area contributed by atoms with Crippen molar-refractivity contribution in [3.05, 3.63) is 23.8 Å². The summed E-state index contributed by atoms with van der Waals surface area (Å²) in [5, 5.41) is 6.38. The van der Waals surface area contributed by atoms with E-state index in [0.717, 1.165) is 42.7 Å². The number of guanidine groups is 1. The minimum Gasteiger partial charge on any atom is -0.454 e. The third kappa shape index (κ3) is 8.99. The predicted octanol–water partition coefficient (Wildman–Crippen LogP) is 1.62. The van der Waals surface area contributed by atoms with Crippen LogP contribution in [0.1, 0.15) is 31.7 Å². The molecule has 0 aromatic heterocycles. The van der Waals surface area contributed by atoms with Crippen LogP contribution in [0.2, 0.25) is 0 Å². The molecule has 11 heteroatoms. The standard InChI is InChI=1S/C20H32N4O5S.HI/c1-2-21-20(22-9-8-16-6-7-18-19(13-16)29-15-28-18)23-10-12-30(25,26)24-14-17-5-3-4-11-27-17;/h6-7,13,17,24H,2-5,8-12,14-15H2,1H3,(H2,21,22,23);1H. The number of sulfonamides is 1. The van der Waals surface area contributed by atoms with E-state index in [1.54, 1.807) is 0 Å². The van der Waals surface area contributed by atoms with E-state index < -0.39 is 10.0 Å².